The number of rotatable bonds is 3. The predicted molar refractivity (Wildman–Crippen MR) is 88.8 cm³/mol. The van der Waals surface area contributed by atoms with Gasteiger partial charge < -0.3 is 4.90 Å². The summed E-state index contributed by atoms with van der Waals surface area (Å²) >= 11 is 0. The van der Waals surface area contributed by atoms with Gasteiger partial charge in [-0.15, -0.1) is 0 Å². The first kappa shape index (κ1) is 15.7. The molecule has 0 bridgehead atoms. The lowest BCUT2D eigenvalue weighted by molar-refractivity contribution is 0.0628. The number of aryl methyl sites for hydroxylation is 1. The summed E-state index contributed by atoms with van der Waals surface area (Å²) in [5.74, 6) is -0.329. The van der Waals surface area contributed by atoms with E-state index in [2.05, 4.69) is 36.1 Å². The second-order valence-electron chi connectivity index (χ2n) is 6.06. The summed E-state index contributed by atoms with van der Waals surface area (Å²) in [6.07, 6.45) is 0. The van der Waals surface area contributed by atoms with Crippen LogP contribution in [0.15, 0.2) is 48.5 Å². The molecular weight excluding hydrogens is 291 g/mol. The number of hydrogen-bond acceptors (Lipinski definition) is 2. The number of nitrogens with zero attached hydrogens (tertiary/aromatic N) is 2. The zero-order valence-corrected chi connectivity index (χ0v) is 13.3. The molecule has 0 spiro atoms. The SMILES string of the molecule is Cc1cccc(CN2CCN(C(=O)c3ccc(F)cc3)CC2)c1. The van der Waals surface area contributed by atoms with Gasteiger partial charge >= 0.3 is 0 Å². The van der Waals surface area contributed by atoms with Crippen LogP contribution in [0.3, 0.4) is 0 Å². The van der Waals surface area contributed by atoms with Gasteiger partial charge in [-0.05, 0) is 36.8 Å². The molecular formula is C19H21FN2O. The Bertz CT molecular complexity index is 676. The minimum absolute atomic E-state index is 0.0137. The van der Waals surface area contributed by atoms with Crippen molar-refractivity contribution in [2.45, 2.75) is 13.5 Å². The van der Waals surface area contributed by atoms with Crippen LogP contribution in [-0.4, -0.2) is 41.9 Å². The molecule has 1 aliphatic heterocycles. The molecule has 2 aromatic rings. The highest BCUT2D eigenvalue weighted by molar-refractivity contribution is 5.94. The fourth-order valence-corrected chi connectivity index (χ4v) is 2.95. The van der Waals surface area contributed by atoms with Crippen LogP contribution >= 0.6 is 0 Å². The second kappa shape index (κ2) is 6.92. The molecule has 1 saturated heterocycles. The van der Waals surface area contributed by atoms with E-state index in [0.29, 0.717) is 18.7 Å². The first-order valence-electron chi connectivity index (χ1n) is 7.94. The van der Waals surface area contributed by atoms with Gasteiger partial charge in [-0.25, -0.2) is 4.39 Å². The Labute approximate surface area is 136 Å². The van der Waals surface area contributed by atoms with Gasteiger partial charge in [0.1, 0.15) is 5.82 Å². The van der Waals surface area contributed by atoms with Crippen LogP contribution in [0.5, 0.6) is 0 Å². The average Bonchev–Trinajstić information content (AvgIpc) is 2.56. The molecule has 3 rings (SSSR count). The summed E-state index contributed by atoms with van der Waals surface area (Å²) in [5.41, 5.74) is 3.13. The van der Waals surface area contributed by atoms with Crippen molar-refractivity contribution < 1.29 is 9.18 Å². The third-order valence-corrected chi connectivity index (χ3v) is 4.24. The Balaban J connectivity index is 1.55. The van der Waals surface area contributed by atoms with Crippen molar-refractivity contribution >= 4 is 5.91 Å². The van der Waals surface area contributed by atoms with Crippen LogP contribution in [-0.2, 0) is 6.54 Å². The Hall–Kier alpha value is -2.20. The van der Waals surface area contributed by atoms with Gasteiger partial charge in [-0.1, -0.05) is 29.8 Å². The summed E-state index contributed by atoms with van der Waals surface area (Å²) in [5, 5.41) is 0. The number of hydrogen-bond donors (Lipinski definition) is 0. The van der Waals surface area contributed by atoms with Crippen molar-refractivity contribution in [3.63, 3.8) is 0 Å². The quantitative estimate of drug-likeness (QED) is 0.869. The van der Waals surface area contributed by atoms with E-state index in [0.717, 1.165) is 19.6 Å². The van der Waals surface area contributed by atoms with E-state index < -0.39 is 0 Å². The molecule has 4 heteroatoms. The number of carbonyl (C=O) groups excluding carboxylic acids is 1. The number of halogens is 1. The van der Waals surface area contributed by atoms with Crippen molar-refractivity contribution in [2.24, 2.45) is 0 Å². The highest BCUT2D eigenvalue weighted by Crippen LogP contribution is 2.13. The Morgan fingerprint density at radius 2 is 1.74 bits per heavy atom. The summed E-state index contributed by atoms with van der Waals surface area (Å²) in [6.45, 7) is 6.16. The molecule has 0 unspecified atom stereocenters. The maximum Gasteiger partial charge on any atom is 0.253 e. The van der Waals surface area contributed by atoms with Crippen LogP contribution in [0.4, 0.5) is 4.39 Å². The first-order chi connectivity index (χ1) is 11.1. The lowest BCUT2D eigenvalue weighted by atomic mass is 10.1. The van der Waals surface area contributed by atoms with Gasteiger partial charge in [0.2, 0.25) is 0 Å². The molecule has 1 heterocycles. The van der Waals surface area contributed by atoms with Crippen LogP contribution in [0, 0.1) is 12.7 Å². The number of amides is 1. The minimum Gasteiger partial charge on any atom is -0.336 e. The maximum atomic E-state index is 12.9. The Morgan fingerprint density at radius 3 is 2.39 bits per heavy atom. The van der Waals surface area contributed by atoms with E-state index in [1.807, 2.05) is 4.90 Å². The predicted octanol–water partition coefficient (Wildman–Crippen LogP) is 3.09. The lowest BCUT2D eigenvalue weighted by Crippen LogP contribution is -2.48. The summed E-state index contributed by atoms with van der Waals surface area (Å²) in [6, 6.07) is 14.3. The van der Waals surface area contributed by atoms with Crippen LogP contribution in [0.25, 0.3) is 0 Å². The average molecular weight is 312 g/mol. The normalized spacial score (nSPS) is 15.7. The van der Waals surface area contributed by atoms with Gasteiger partial charge in [0.05, 0.1) is 0 Å². The van der Waals surface area contributed by atoms with Crippen molar-refractivity contribution in [1.82, 2.24) is 9.80 Å². The fraction of sp³-hybridized carbons (Fsp3) is 0.316. The molecule has 0 aliphatic carbocycles. The van der Waals surface area contributed by atoms with Crippen molar-refractivity contribution in [2.75, 3.05) is 26.2 Å². The molecule has 0 atom stereocenters. The molecule has 23 heavy (non-hydrogen) atoms. The van der Waals surface area contributed by atoms with E-state index in [-0.39, 0.29) is 11.7 Å². The fourth-order valence-electron chi connectivity index (χ4n) is 2.95. The van der Waals surface area contributed by atoms with Crippen LogP contribution in [0.2, 0.25) is 0 Å². The summed E-state index contributed by atoms with van der Waals surface area (Å²) < 4.78 is 12.9. The van der Waals surface area contributed by atoms with Gasteiger partial charge in [-0.3, -0.25) is 9.69 Å². The van der Waals surface area contributed by atoms with E-state index in [1.54, 1.807) is 12.1 Å². The lowest BCUT2D eigenvalue weighted by Gasteiger charge is -2.34. The monoisotopic (exact) mass is 312 g/mol. The van der Waals surface area contributed by atoms with Crippen LogP contribution in [0.1, 0.15) is 21.5 Å². The van der Waals surface area contributed by atoms with Crippen molar-refractivity contribution in [1.29, 1.82) is 0 Å². The second-order valence-corrected chi connectivity index (χ2v) is 6.06. The molecule has 2 aromatic carbocycles. The first-order valence-corrected chi connectivity index (χ1v) is 7.94. The minimum atomic E-state index is -0.315. The summed E-state index contributed by atoms with van der Waals surface area (Å²) in [4.78, 5) is 16.6. The third-order valence-electron chi connectivity index (χ3n) is 4.24. The largest absolute Gasteiger partial charge is 0.336 e. The van der Waals surface area contributed by atoms with E-state index in [1.165, 1.54) is 23.3 Å². The number of benzene rings is 2. The van der Waals surface area contributed by atoms with Gasteiger partial charge in [0.15, 0.2) is 0 Å². The molecule has 0 N–H and O–H groups in total. The topological polar surface area (TPSA) is 23.6 Å². The summed E-state index contributed by atoms with van der Waals surface area (Å²) in [7, 11) is 0. The molecule has 0 saturated carbocycles. The Kier molecular flexibility index (Phi) is 4.72. The van der Waals surface area contributed by atoms with Crippen molar-refractivity contribution in [3.8, 4) is 0 Å². The van der Waals surface area contributed by atoms with E-state index in [9.17, 15) is 9.18 Å². The van der Waals surface area contributed by atoms with E-state index in [4.69, 9.17) is 0 Å². The zero-order valence-electron chi connectivity index (χ0n) is 13.3. The molecule has 1 fully saturated rings. The van der Waals surface area contributed by atoms with E-state index >= 15 is 0 Å². The molecule has 3 nitrogen and oxygen atoms in total. The van der Waals surface area contributed by atoms with Gasteiger partial charge in [0.25, 0.3) is 5.91 Å². The van der Waals surface area contributed by atoms with Crippen LogP contribution < -0.4 is 0 Å². The molecule has 120 valence electrons. The molecule has 1 aliphatic rings. The maximum absolute atomic E-state index is 12.9. The van der Waals surface area contributed by atoms with Gasteiger partial charge in [-0.2, -0.15) is 0 Å². The third kappa shape index (κ3) is 3.96. The Morgan fingerprint density at radius 1 is 1.04 bits per heavy atom. The number of carbonyl (C=O) groups is 1. The number of piperazine rings is 1. The van der Waals surface area contributed by atoms with Crippen molar-refractivity contribution in [3.05, 3.63) is 71.0 Å². The highest BCUT2D eigenvalue weighted by atomic mass is 19.1. The standard InChI is InChI=1S/C19H21FN2O/c1-15-3-2-4-16(13-15)14-21-9-11-22(12-10-21)19(23)17-5-7-18(20)8-6-17/h2-8,13H,9-12,14H2,1H3. The highest BCUT2D eigenvalue weighted by Gasteiger charge is 2.22. The zero-order chi connectivity index (χ0) is 16.2. The van der Waals surface area contributed by atoms with Gasteiger partial charge in [0, 0.05) is 38.3 Å². The molecule has 0 radical (unpaired) electrons. The molecule has 0 aromatic heterocycles. The molecule has 1 amide bonds. The smallest absolute Gasteiger partial charge is 0.253 e.